The lowest BCUT2D eigenvalue weighted by Crippen LogP contribution is -2.33. The first-order valence-electron chi connectivity index (χ1n) is 10.4. The van der Waals surface area contributed by atoms with Crippen LogP contribution < -0.4 is 0 Å². The van der Waals surface area contributed by atoms with Crippen LogP contribution >= 0.6 is 0 Å². The van der Waals surface area contributed by atoms with Gasteiger partial charge < -0.3 is 9.47 Å². The van der Waals surface area contributed by atoms with Gasteiger partial charge in [-0.1, -0.05) is 18.4 Å². The molecule has 4 nitrogen and oxygen atoms in total. The standard InChI is InChI=1S/C21H30O4/c22-20(24-16-7-3-1-4-8-16)18-14-11-12-15(13-14)19(18)21(23)25-17-9-5-2-6-10-17/h14,16-18H,1-13H2. The van der Waals surface area contributed by atoms with Crippen molar-refractivity contribution in [1.29, 1.82) is 0 Å². The monoisotopic (exact) mass is 346 g/mol. The Kier molecular flexibility index (Phi) is 5.14. The maximum Gasteiger partial charge on any atom is 0.335 e. The molecule has 0 N–H and O–H groups in total. The van der Waals surface area contributed by atoms with Gasteiger partial charge in [-0.15, -0.1) is 0 Å². The Morgan fingerprint density at radius 3 is 2.00 bits per heavy atom. The van der Waals surface area contributed by atoms with Crippen molar-refractivity contribution in [2.75, 3.05) is 0 Å². The Hall–Kier alpha value is -1.32. The molecule has 0 aromatic rings. The zero-order valence-corrected chi connectivity index (χ0v) is 15.1. The molecule has 0 aromatic carbocycles. The van der Waals surface area contributed by atoms with Gasteiger partial charge in [0.15, 0.2) is 0 Å². The Balaban J connectivity index is 1.43. The molecule has 2 atom stereocenters. The average Bonchev–Trinajstić information content (AvgIpc) is 3.24. The second-order valence-corrected chi connectivity index (χ2v) is 8.36. The van der Waals surface area contributed by atoms with E-state index in [1.807, 2.05) is 0 Å². The van der Waals surface area contributed by atoms with Crippen molar-refractivity contribution in [1.82, 2.24) is 0 Å². The van der Waals surface area contributed by atoms with Crippen LogP contribution in [0.25, 0.3) is 0 Å². The van der Waals surface area contributed by atoms with Crippen molar-refractivity contribution >= 4 is 11.9 Å². The predicted octanol–water partition coefficient (Wildman–Crippen LogP) is 4.46. The Morgan fingerprint density at radius 2 is 1.36 bits per heavy atom. The van der Waals surface area contributed by atoms with Crippen LogP contribution in [-0.2, 0) is 19.1 Å². The number of ether oxygens (including phenoxy) is 2. The van der Waals surface area contributed by atoms with Crippen molar-refractivity contribution < 1.29 is 19.1 Å². The smallest absolute Gasteiger partial charge is 0.335 e. The zero-order chi connectivity index (χ0) is 17.2. The summed E-state index contributed by atoms with van der Waals surface area (Å²) in [6.45, 7) is 0. The highest BCUT2D eigenvalue weighted by Gasteiger charge is 2.48. The van der Waals surface area contributed by atoms with E-state index in [1.54, 1.807) is 0 Å². The number of fused-ring (bicyclic) bond motifs is 2. The fraction of sp³-hybridized carbons (Fsp3) is 0.810. The van der Waals surface area contributed by atoms with Gasteiger partial charge in [-0.3, -0.25) is 4.79 Å². The van der Waals surface area contributed by atoms with E-state index in [1.165, 1.54) is 12.8 Å². The van der Waals surface area contributed by atoms with E-state index in [0.29, 0.717) is 5.57 Å². The van der Waals surface area contributed by atoms with Gasteiger partial charge in [-0.2, -0.15) is 0 Å². The molecule has 4 aliphatic carbocycles. The van der Waals surface area contributed by atoms with E-state index in [9.17, 15) is 9.59 Å². The molecule has 0 aliphatic heterocycles. The van der Waals surface area contributed by atoms with Gasteiger partial charge in [-0.05, 0) is 76.5 Å². The van der Waals surface area contributed by atoms with Gasteiger partial charge in [0.1, 0.15) is 12.2 Å². The summed E-state index contributed by atoms with van der Waals surface area (Å²) < 4.78 is 11.6. The highest BCUT2D eigenvalue weighted by atomic mass is 16.6. The summed E-state index contributed by atoms with van der Waals surface area (Å²) in [4.78, 5) is 25.7. The van der Waals surface area contributed by atoms with Gasteiger partial charge in [0.05, 0.1) is 11.5 Å². The number of hydrogen-bond acceptors (Lipinski definition) is 4. The lowest BCUT2D eigenvalue weighted by atomic mass is 9.86. The van der Waals surface area contributed by atoms with Crippen LogP contribution in [0.5, 0.6) is 0 Å². The summed E-state index contributed by atoms with van der Waals surface area (Å²) in [5, 5.41) is 0. The van der Waals surface area contributed by atoms with Gasteiger partial charge in [0.25, 0.3) is 0 Å². The maximum atomic E-state index is 12.8. The fourth-order valence-electron chi connectivity index (χ4n) is 5.26. The van der Waals surface area contributed by atoms with Crippen molar-refractivity contribution in [3.8, 4) is 0 Å². The summed E-state index contributed by atoms with van der Waals surface area (Å²) in [6.07, 6.45) is 13.9. The molecular formula is C21H30O4. The normalized spacial score (nSPS) is 30.6. The molecule has 3 fully saturated rings. The first-order valence-corrected chi connectivity index (χ1v) is 10.4. The van der Waals surface area contributed by atoms with E-state index >= 15 is 0 Å². The molecule has 0 radical (unpaired) electrons. The maximum absolute atomic E-state index is 12.8. The van der Waals surface area contributed by atoms with Crippen LogP contribution in [0.2, 0.25) is 0 Å². The molecule has 3 saturated carbocycles. The molecule has 25 heavy (non-hydrogen) atoms. The summed E-state index contributed by atoms with van der Waals surface area (Å²) in [5.74, 6) is -0.487. The van der Waals surface area contributed by atoms with Gasteiger partial charge in [0.2, 0.25) is 0 Å². The molecule has 138 valence electrons. The van der Waals surface area contributed by atoms with Crippen molar-refractivity contribution in [3.05, 3.63) is 11.1 Å². The van der Waals surface area contributed by atoms with Crippen molar-refractivity contribution in [3.63, 3.8) is 0 Å². The molecule has 2 bridgehead atoms. The molecule has 0 aromatic heterocycles. The van der Waals surface area contributed by atoms with Crippen LogP contribution in [0.15, 0.2) is 11.1 Å². The quantitative estimate of drug-likeness (QED) is 0.705. The van der Waals surface area contributed by atoms with E-state index in [4.69, 9.17) is 9.47 Å². The molecular weight excluding hydrogens is 316 g/mol. The number of carbonyl (C=O) groups excluding carboxylic acids is 2. The van der Waals surface area contributed by atoms with E-state index in [0.717, 1.165) is 76.2 Å². The summed E-state index contributed by atoms with van der Waals surface area (Å²) in [7, 11) is 0. The molecule has 0 spiro atoms. The fourth-order valence-corrected chi connectivity index (χ4v) is 5.26. The topological polar surface area (TPSA) is 52.6 Å². The Morgan fingerprint density at radius 1 is 0.760 bits per heavy atom. The second kappa shape index (κ2) is 7.51. The van der Waals surface area contributed by atoms with Crippen molar-refractivity contribution in [2.24, 2.45) is 11.8 Å². The summed E-state index contributed by atoms with van der Waals surface area (Å²) in [6, 6.07) is 0. The minimum Gasteiger partial charge on any atom is -0.462 e. The average molecular weight is 346 g/mol. The Bertz CT molecular complexity index is 552. The summed E-state index contributed by atoms with van der Waals surface area (Å²) in [5.41, 5.74) is 1.83. The first-order chi connectivity index (χ1) is 12.2. The van der Waals surface area contributed by atoms with Crippen molar-refractivity contribution in [2.45, 2.75) is 95.7 Å². The minimum absolute atomic E-state index is 0.0449. The van der Waals surface area contributed by atoms with Gasteiger partial charge in [0, 0.05) is 0 Å². The summed E-state index contributed by atoms with van der Waals surface area (Å²) >= 11 is 0. The molecule has 2 unspecified atom stereocenters. The lowest BCUT2D eigenvalue weighted by molar-refractivity contribution is -0.159. The van der Waals surface area contributed by atoms with E-state index in [2.05, 4.69) is 0 Å². The molecule has 0 heterocycles. The van der Waals surface area contributed by atoms with Gasteiger partial charge in [-0.25, -0.2) is 4.79 Å². The number of rotatable bonds is 4. The van der Waals surface area contributed by atoms with E-state index in [-0.39, 0.29) is 36.0 Å². The van der Waals surface area contributed by atoms with Gasteiger partial charge >= 0.3 is 11.9 Å². The van der Waals surface area contributed by atoms with Crippen LogP contribution in [0.1, 0.15) is 83.5 Å². The van der Waals surface area contributed by atoms with Crippen LogP contribution in [0.3, 0.4) is 0 Å². The lowest BCUT2D eigenvalue weighted by Gasteiger charge is -2.28. The number of esters is 2. The number of allylic oxidation sites excluding steroid dienone is 1. The highest BCUT2D eigenvalue weighted by Crippen LogP contribution is 2.49. The SMILES string of the molecule is O=C(OC1CCCCC1)C1=C2CCC(C2)C1C(=O)OC1CCCCC1. The molecule has 0 saturated heterocycles. The Labute approximate surface area is 150 Å². The molecule has 0 amide bonds. The van der Waals surface area contributed by atoms with Crippen LogP contribution in [0.4, 0.5) is 0 Å². The second-order valence-electron chi connectivity index (χ2n) is 8.36. The number of carbonyl (C=O) groups is 2. The minimum atomic E-state index is -0.359. The highest BCUT2D eigenvalue weighted by molar-refractivity contribution is 5.98. The third-order valence-corrected chi connectivity index (χ3v) is 6.62. The third-order valence-electron chi connectivity index (χ3n) is 6.62. The molecule has 4 aliphatic rings. The third kappa shape index (κ3) is 3.63. The zero-order valence-electron chi connectivity index (χ0n) is 15.1. The largest absolute Gasteiger partial charge is 0.462 e. The number of hydrogen-bond donors (Lipinski definition) is 0. The van der Waals surface area contributed by atoms with Crippen LogP contribution in [0, 0.1) is 11.8 Å². The molecule has 4 heteroatoms. The predicted molar refractivity (Wildman–Crippen MR) is 93.8 cm³/mol. The van der Waals surface area contributed by atoms with E-state index < -0.39 is 0 Å². The molecule has 4 rings (SSSR count). The van der Waals surface area contributed by atoms with Crippen LogP contribution in [-0.4, -0.2) is 24.1 Å². The first kappa shape index (κ1) is 17.1.